The van der Waals surface area contributed by atoms with Crippen molar-refractivity contribution >= 4 is 0 Å². The third kappa shape index (κ3) is 83.1. The number of hydrogen-bond donors (Lipinski definition) is 6. The van der Waals surface area contributed by atoms with Crippen LogP contribution in [-0.4, -0.2) is 214 Å². The fourth-order valence-corrected chi connectivity index (χ4v) is 15.4. The van der Waals surface area contributed by atoms with Crippen LogP contribution in [0.3, 0.4) is 0 Å². The molecule has 120 heavy (non-hydrogen) atoms. The third-order valence-corrected chi connectivity index (χ3v) is 24.0. The van der Waals surface area contributed by atoms with Gasteiger partial charge >= 0.3 is 0 Å². The lowest BCUT2D eigenvalue weighted by Gasteiger charge is -2.52. The molecule has 0 bridgehead atoms. The molecule has 0 radical (unpaired) electrons. The smallest absolute Gasteiger partial charge is 0.0598 e. The number of piperazine rings is 1. The van der Waals surface area contributed by atoms with Crippen LogP contribution in [0.5, 0.6) is 0 Å². The highest BCUT2D eigenvalue weighted by molar-refractivity contribution is 4.97. The summed E-state index contributed by atoms with van der Waals surface area (Å²) in [7, 11) is 0. The summed E-state index contributed by atoms with van der Waals surface area (Å²) in [5, 5.41) is 20.2. The molecule has 13 heteroatoms. The number of rotatable bonds is 11. The van der Waals surface area contributed by atoms with E-state index >= 15 is 0 Å². The van der Waals surface area contributed by atoms with Gasteiger partial charge in [0.05, 0.1) is 19.3 Å². The van der Waals surface area contributed by atoms with Gasteiger partial charge in [0.15, 0.2) is 0 Å². The molecule has 11 aliphatic heterocycles. The van der Waals surface area contributed by atoms with E-state index in [1.165, 1.54) is 220 Å². The zero-order valence-electron chi connectivity index (χ0n) is 91.3. The third-order valence-electron chi connectivity index (χ3n) is 24.0. The molecule has 11 heterocycles. The highest BCUT2D eigenvalue weighted by Crippen LogP contribution is 2.54. The first kappa shape index (κ1) is 143. The highest BCUT2D eigenvalue weighted by atomic mass is 16.5. The van der Waals surface area contributed by atoms with Crippen LogP contribution in [0.4, 0.5) is 0 Å². The Hall–Kier alpha value is -0.520. The van der Waals surface area contributed by atoms with Crippen LogP contribution >= 0.6 is 0 Å². The fraction of sp³-hybridized carbons (Fsp3) is 1.00. The van der Waals surface area contributed by atoms with Crippen LogP contribution in [-0.2, 0) is 14.2 Å². The summed E-state index contributed by atoms with van der Waals surface area (Å²) in [4.78, 5) is 10.0. The molecule has 12 fully saturated rings. The molecule has 11 saturated heterocycles. The van der Waals surface area contributed by atoms with Crippen molar-refractivity contribution in [1.29, 1.82) is 0 Å². The maximum atomic E-state index is 5.41. The first-order valence-electron chi connectivity index (χ1n) is 53.2. The Morgan fingerprint density at radius 2 is 0.533 bits per heavy atom. The SMILES string of the molecule is C.CC.CC.CC.CC.CC.CC.CC.CC.CC.CC.CC.CC(C)C1CC2(CCNCC2)C1.CC(C)C1CCCNC1.CC(C)C1CCCO1.CC(C)C1CCNC1.CC(C)C1CCNCC1.CC(C)C1CCOCC1.CC(C)C1CNC1.CC(C)N1CCCC1.CC(C)N1CCCCC1.CC(C)N1CCNCC1.CC(C)N1CCOCC1. The monoisotopic (exact) mass is 1720 g/mol. The van der Waals surface area contributed by atoms with E-state index in [1.54, 1.807) is 0 Å². The van der Waals surface area contributed by atoms with Gasteiger partial charge in [-0.2, -0.15) is 0 Å². The molecular formula is C107H246N10O3. The number of hydrogen-bond acceptors (Lipinski definition) is 13. The molecule has 1 saturated carbocycles. The molecule has 13 nitrogen and oxygen atoms in total. The number of morpholine rings is 1. The molecule has 0 amide bonds. The Morgan fingerprint density at radius 3 is 0.775 bits per heavy atom. The average Bonchev–Trinajstić information content (AvgIpc) is 1.28. The quantitative estimate of drug-likeness (QED) is 0.118. The standard InChI is InChI=1S/C11H21N.3C8H17N.C8H16O.C7H16N2.C7H15NO.2C7H15N.C7H14O.C6H13N.11C2H6.CH4/c1-9(2)10-7-11(8-10)3-5-12-6-4-11;1-7(2)8-3-5-9-6-4-8;1-7(2)8-4-3-5-9-6-8;1-8(2)9-6-4-3-5-7-9;1-7(2)8-3-5-9-6-4-8;1-7(2)9-5-3-8-4-6-9;1-7(2)8-3-5-9-6-4-8;1-6(2)7-3-4-8-5-7;1-7(2)8-5-3-4-6-8;1-6(2)7-4-3-5-8-7;1-5(2)6-3-7-4-6;11*1-2;/h9-10,12H,3-8H2,1-2H3;2*7-9H,3-6H2,1-2H3;8H,3-7H2,1-2H3;2*7-8H,3-6H2,1-2H3;7H,3-6H2,1-2H3;6-8H,3-5H2,1-2H3;7H,3-6H2,1-2H3;6-7H,3-5H2,1-2H3;5-7H,3-4H2,1-2H3;11*1-2H3;1H4. The van der Waals surface area contributed by atoms with Gasteiger partial charge in [0, 0.05) is 83.3 Å². The molecular weight excluding hydrogens is 1470 g/mol. The van der Waals surface area contributed by atoms with Gasteiger partial charge in [-0.05, 0) is 339 Å². The Kier molecular flexibility index (Phi) is 127. The lowest BCUT2D eigenvalue weighted by Crippen LogP contribution is -2.46. The second kappa shape index (κ2) is 107. The van der Waals surface area contributed by atoms with Crippen molar-refractivity contribution in [1.82, 2.24) is 51.5 Å². The Labute approximate surface area is 765 Å². The Balaban J connectivity index is -0.000000118. The Morgan fingerprint density at radius 1 is 0.233 bits per heavy atom. The maximum Gasteiger partial charge on any atom is 0.0598 e. The zero-order valence-corrected chi connectivity index (χ0v) is 91.3. The first-order valence-corrected chi connectivity index (χ1v) is 53.2. The van der Waals surface area contributed by atoms with E-state index in [1.807, 2.05) is 152 Å². The largest absolute Gasteiger partial charge is 0.381 e. The predicted molar refractivity (Wildman–Crippen MR) is 557 cm³/mol. The van der Waals surface area contributed by atoms with Gasteiger partial charge in [-0.1, -0.05) is 263 Å². The molecule has 0 aromatic heterocycles. The van der Waals surface area contributed by atoms with Crippen molar-refractivity contribution in [2.24, 2.45) is 82.3 Å². The summed E-state index contributed by atoms with van der Waals surface area (Å²) in [5.41, 5.74) is 0.792. The summed E-state index contributed by atoms with van der Waals surface area (Å²) >= 11 is 0. The van der Waals surface area contributed by atoms with Gasteiger partial charge < -0.3 is 55.9 Å². The molecule has 1 aliphatic carbocycles. The summed E-state index contributed by atoms with van der Waals surface area (Å²) in [6.07, 6.45) is 25.7. The fourth-order valence-electron chi connectivity index (χ4n) is 15.4. The van der Waals surface area contributed by atoms with Crippen molar-refractivity contribution in [3.63, 3.8) is 0 Å². The first-order chi connectivity index (χ1) is 57.3. The molecule has 0 aromatic carbocycles. The van der Waals surface area contributed by atoms with Gasteiger partial charge in [-0.15, -0.1) is 0 Å². The molecule has 12 rings (SSSR count). The van der Waals surface area contributed by atoms with Gasteiger partial charge in [-0.25, -0.2) is 0 Å². The number of ether oxygens (including phenoxy) is 3. The van der Waals surface area contributed by atoms with Crippen LogP contribution in [0.25, 0.3) is 0 Å². The maximum absolute atomic E-state index is 5.41. The lowest BCUT2D eigenvalue weighted by molar-refractivity contribution is -0.00191. The summed E-state index contributed by atoms with van der Waals surface area (Å²) < 4.78 is 15.9. The average molecular weight is 1720 g/mol. The number of nitrogens with zero attached hydrogens (tertiary/aromatic N) is 4. The Bertz CT molecular complexity index is 1480. The minimum Gasteiger partial charge on any atom is -0.381 e. The van der Waals surface area contributed by atoms with E-state index < -0.39 is 0 Å². The number of piperidine rings is 4. The van der Waals surface area contributed by atoms with E-state index in [2.05, 4.69) is 204 Å². The molecule has 1 spiro atoms. The van der Waals surface area contributed by atoms with Crippen molar-refractivity contribution < 1.29 is 14.2 Å². The molecule has 0 aromatic rings. The van der Waals surface area contributed by atoms with Gasteiger partial charge in [0.2, 0.25) is 0 Å². The second-order valence-electron chi connectivity index (χ2n) is 35.1. The van der Waals surface area contributed by atoms with E-state index in [0.29, 0.717) is 12.1 Å². The molecule has 6 N–H and O–H groups in total. The van der Waals surface area contributed by atoms with Crippen LogP contribution in [0, 0.1) is 82.3 Å². The molecule has 742 valence electrons. The van der Waals surface area contributed by atoms with Crippen molar-refractivity contribution in [2.75, 3.05) is 164 Å². The minimum atomic E-state index is 0. The summed E-state index contributed by atoms with van der Waals surface area (Å²) in [6.45, 7) is 124. The van der Waals surface area contributed by atoms with Gasteiger partial charge in [0.25, 0.3) is 0 Å². The number of likely N-dealkylation sites (tertiary alicyclic amines) is 2. The van der Waals surface area contributed by atoms with Gasteiger partial charge in [-0.3, -0.25) is 9.80 Å². The van der Waals surface area contributed by atoms with Crippen LogP contribution in [0.2, 0.25) is 0 Å². The van der Waals surface area contributed by atoms with E-state index in [9.17, 15) is 0 Å². The normalized spacial score (nSPS) is 21.1. The lowest BCUT2D eigenvalue weighted by atomic mass is 9.55. The topological polar surface area (TPSA) is 113 Å². The van der Waals surface area contributed by atoms with Crippen LogP contribution in [0.1, 0.15) is 428 Å². The second-order valence-corrected chi connectivity index (χ2v) is 35.1. The molecule has 12 aliphatic rings. The highest BCUT2D eigenvalue weighted by Gasteiger charge is 2.45. The minimum absolute atomic E-state index is 0. The van der Waals surface area contributed by atoms with E-state index in [0.717, 1.165) is 160 Å². The molecule has 3 atom stereocenters. The number of nitrogens with one attached hydrogen (secondary N) is 6. The van der Waals surface area contributed by atoms with Gasteiger partial charge in [0.1, 0.15) is 0 Å². The van der Waals surface area contributed by atoms with Crippen molar-refractivity contribution in [3.8, 4) is 0 Å². The van der Waals surface area contributed by atoms with Crippen molar-refractivity contribution in [3.05, 3.63) is 0 Å². The van der Waals surface area contributed by atoms with E-state index in [-0.39, 0.29) is 7.43 Å². The van der Waals surface area contributed by atoms with E-state index in [4.69, 9.17) is 14.2 Å². The predicted octanol–water partition coefficient (Wildman–Crippen LogP) is 28.0. The van der Waals surface area contributed by atoms with Crippen LogP contribution in [0.15, 0.2) is 0 Å². The van der Waals surface area contributed by atoms with Crippen molar-refractivity contribution in [2.45, 2.75) is 458 Å². The van der Waals surface area contributed by atoms with Crippen LogP contribution < -0.4 is 31.9 Å². The zero-order chi connectivity index (χ0) is 94.0. The summed E-state index contributed by atoms with van der Waals surface area (Å²) in [5.74, 6) is 11.9. The summed E-state index contributed by atoms with van der Waals surface area (Å²) in [6, 6.07) is 2.96. The molecule has 3 unspecified atom stereocenters.